The molecule has 4 rings (SSSR count). The van der Waals surface area contributed by atoms with E-state index in [0.29, 0.717) is 34.3 Å². The first kappa shape index (κ1) is 22.6. The standard InChI is InChI=1S/C25H23ClN2O5/c1-15-22(16(2)33-28-15)14-31-20-7-4-17(5-8-20)10-24(29)32-13-19-11-18-6-9-21(30-3)12-23(18)27-25(19)26/h4-9,11-12H,10,13-14H2,1-3H3. The maximum Gasteiger partial charge on any atom is 0.310 e. The summed E-state index contributed by atoms with van der Waals surface area (Å²) < 4.78 is 21.6. The molecule has 2 aromatic carbocycles. The van der Waals surface area contributed by atoms with E-state index in [1.54, 1.807) is 13.2 Å². The molecular formula is C25H23ClN2O5. The first-order valence-corrected chi connectivity index (χ1v) is 10.7. The van der Waals surface area contributed by atoms with Gasteiger partial charge < -0.3 is 18.7 Å². The number of ether oxygens (including phenoxy) is 3. The Bertz CT molecular complexity index is 1260. The molecule has 0 radical (unpaired) electrons. The average Bonchev–Trinajstić information content (AvgIpc) is 3.14. The van der Waals surface area contributed by atoms with Crippen molar-refractivity contribution in [1.82, 2.24) is 10.1 Å². The van der Waals surface area contributed by atoms with E-state index in [9.17, 15) is 4.79 Å². The minimum absolute atomic E-state index is 0.0469. The van der Waals surface area contributed by atoms with Gasteiger partial charge in [-0.15, -0.1) is 0 Å². The predicted molar refractivity (Wildman–Crippen MR) is 124 cm³/mol. The van der Waals surface area contributed by atoms with Gasteiger partial charge in [-0.3, -0.25) is 4.79 Å². The lowest BCUT2D eigenvalue weighted by molar-refractivity contribution is -0.144. The number of nitrogens with zero attached hydrogens (tertiary/aromatic N) is 2. The van der Waals surface area contributed by atoms with Crippen molar-refractivity contribution in [2.75, 3.05) is 7.11 Å². The number of fused-ring (bicyclic) bond motifs is 1. The largest absolute Gasteiger partial charge is 0.497 e. The molecule has 0 spiro atoms. The predicted octanol–water partition coefficient (Wildman–Crippen LogP) is 5.37. The Hall–Kier alpha value is -3.58. The summed E-state index contributed by atoms with van der Waals surface area (Å²) in [5.74, 6) is 1.78. The molecule has 33 heavy (non-hydrogen) atoms. The lowest BCUT2D eigenvalue weighted by Gasteiger charge is -2.09. The highest BCUT2D eigenvalue weighted by Crippen LogP contribution is 2.25. The third-order valence-electron chi connectivity index (χ3n) is 5.28. The van der Waals surface area contributed by atoms with Crippen LogP contribution in [0.1, 0.15) is 28.1 Å². The van der Waals surface area contributed by atoms with Crippen LogP contribution in [0.4, 0.5) is 0 Å². The number of carbonyl (C=O) groups is 1. The van der Waals surface area contributed by atoms with Crippen LogP contribution in [0.3, 0.4) is 0 Å². The van der Waals surface area contributed by atoms with E-state index in [4.69, 9.17) is 30.3 Å². The molecule has 0 saturated heterocycles. The number of benzene rings is 2. The summed E-state index contributed by atoms with van der Waals surface area (Å²) in [7, 11) is 1.60. The lowest BCUT2D eigenvalue weighted by atomic mass is 10.1. The molecule has 0 saturated carbocycles. The van der Waals surface area contributed by atoms with Gasteiger partial charge in [0.15, 0.2) is 0 Å². The van der Waals surface area contributed by atoms with Gasteiger partial charge in [0.25, 0.3) is 0 Å². The number of hydrogen-bond donors (Lipinski definition) is 0. The number of carbonyl (C=O) groups excluding carboxylic acids is 1. The summed E-state index contributed by atoms with van der Waals surface area (Å²) in [5, 5.41) is 5.10. The van der Waals surface area contributed by atoms with Crippen molar-refractivity contribution in [1.29, 1.82) is 0 Å². The van der Waals surface area contributed by atoms with Crippen LogP contribution in [0.15, 0.2) is 53.1 Å². The number of rotatable bonds is 8. The molecule has 170 valence electrons. The Morgan fingerprint density at radius 1 is 1.03 bits per heavy atom. The summed E-state index contributed by atoms with van der Waals surface area (Å²) in [5.41, 5.74) is 3.92. The van der Waals surface area contributed by atoms with Crippen molar-refractivity contribution in [3.63, 3.8) is 0 Å². The molecule has 2 aromatic heterocycles. The fourth-order valence-corrected chi connectivity index (χ4v) is 3.54. The molecule has 0 aliphatic heterocycles. The summed E-state index contributed by atoms with van der Waals surface area (Å²) in [4.78, 5) is 16.7. The summed E-state index contributed by atoms with van der Waals surface area (Å²) in [6.45, 7) is 4.15. The number of esters is 1. The van der Waals surface area contributed by atoms with Gasteiger partial charge in [0, 0.05) is 17.0 Å². The molecule has 0 aliphatic carbocycles. The van der Waals surface area contributed by atoms with E-state index < -0.39 is 0 Å². The Morgan fingerprint density at radius 2 is 1.79 bits per heavy atom. The smallest absolute Gasteiger partial charge is 0.310 e. The number of halogens is 1. The maximum absolute atomic E-state index is 12.3. The van der Waals surface area contributed by atoms with E-state index >= 15 is 0 Å². The van der Waals surface area contributed by atoms with Crippen LogP contribution in [-0.2, 0) is 29.2 Å². The van der Waals surface area contributed by atoms with E-state index in [0.717, 1.165) is 28.0 Å². The molecule has 0 aliphatic rings. The van der Waals surface area contributed by atoms with Crippen LogP contribution >= 0.6 is 11.6 Å². The molecule has 0 amide bonds. The van der Waals surface area contributed by atoms with Crippen LogP contribution in [0.5, 0.6) is 11.5 Å². The average molecular weight is 467 g/mol. The second-order valence-corrected chi connectivity index (χ2v) is 7.93. The van der Waals surface area contributed by atoms with E-state index in [2.05, 4.69) is 10.1 Å². The molecule has 4 aromatic rings. The minimum Gasteiger partial charge on any atom is -0.497 e. The third-order valence-corrected chi connectivity index (χ3v) is 5.60. The number of aromatic nitrogens is 2. The van der Waals surface area contributed by atoms with Crippen LogP contribution in [0.25, 0.3) is 10.9 Å². The van der Waals surface area contributed by atoms with Crippen LogP contribution in [-0.4, -0.2) is 23.2 Å². The zero-order chi connectivity index (χ0) is 23.4. The molecule has 0 atom stereocenters. The fourth-order valence-electron chi connectivity index (χ4n) is 3.34. The highest BCUT2D eigenvalue weighted by molar-refractivity contribution is 6.30. The molecule has 0 fully saturated rings. The quantitative estimate of drug-likeness (QED) is 0.255. The van der Waals surface area contributed by atoms with Crippen LogP contribution in [0, 0.1) is 13.8 Å². The molecule has 7 nitrogen and oxygen atoms in total. The molecule has 2 heterocycles. The summed E-state index contributed by atoms with van der Waals surface area (Å²) in [6, 6.07) is 14.7. The van der Waals surface area contributed by atoms with Gasteiger partial charge >= 0.3 is 5.97 Å². The Balaban J connectivity index is 1.32. The van der Waals surface area contributed by atoms with Crippen LogP contribution in [0.2, 0.25) is 5.15 Å². The van der Waals surface area contributed by atoms with Crippen molar-refractivity contribution in [2.45, 2.75) is 33.5 Å². The van der Waals surface area contributed by atoms with E-state index in [1.807, 2.05) is 56.3 Å². The van der Waals surface area contributed by atoms with E-state index in [1.165, 1.54) is 0 Å². The molecular weight excluding hydrogens is 444 g/mol. The SMILES string of the molecule is COc1ccc2cc(COC(=O)Cc3ccc(OCc4c(C)noc4C)cc3)c(Cl)nc2c1. The second-order valence-electron chi connectivity index (χ2n) is 7.57. The van der Waals surface area contributed by atoms with Gasteiger partial charge in [-0.2, -0.15) is 0 Å². The fraction of sp³-hybridized carbons (Fsp3) is 0.240. The van der Waals surface area contributed by atoms with Gasteiger partial charge in [0.2, 0.25) is 0 Å². The number of aryl methyl sites for hydroxylation is 2. The summed E-state index contributed by atoms with van der Waals surface area (Å²) in [6.07, 6.45) is 0.139. The highest BCUT2D eigenvalue weighted by Gasteiger charge is 2.12. The van der Waals surface area contributed by atoms with Gasteiger partial charge in [-0.25, -0.2) is 4.98 Å². The first-order chi connectivity index (χ1) is 15.9. The van der Waals surface area contributed by atoms with Crippen molar-refractivity contribution < 1.29 is 23.5 Å². The molecule has 0 N–H and O–H groups in total. The van der Waals surface area contributed by atoms with Gasteiger partial charge in [0.05, 0.1) is 30.3 Å². The Morgan fingerprint density at radius 3 is 2.48 bits per heavy atom. The maximum atomic E-state index is 12.3. The normalized spacial score (nSPS) is 10.9. The molecule has 0 unspecified atom stereocenters. The summed E-state index contributed by atoms with van der Waals surface area (Å²) >= 11 is 6.28. The lowest BCUT2D eigenvalue weighted by Crippen LogP contribution is -2.08. The number of pyridine rings is 1. The minimum atomic E-state index is -0.356. The van der Waals surface area contributed by atoms with Crippen molar-refractivity contribution in [2.24, 2.45) is 0 Å². The molecule has 8 heteroatoms. The van der Waals surface area contributed by atoms with Crippen molar-refractivity contribution >= 4 is 28.5 Å². The number of hydrogen-bond acceptors (Lipinski definition) is 7. The topological polar surface area (TPSA) is 83.7 Å². The van der Waals surface area contributed by atoms with Gasteiger partial charge in [0.1, 0.15) is 35.6 Å². The zero-order valence-electron chi connectivity index (χ0n) is 18.6. The van der Waals surface area contributed by atoms with Crippen molar-refractivity contribution in [3.05, 3.63) is 81.8 Å². The number of methoxy groups -OCH3 is 1. The van der Waals surface area contributed by atoms with Crippen molar-refractivity contribution in [3.8, 4) is 11.5 Å². The Labute approximate surface area is 196 Å². The third kappa shape index (κ3) is 5.43. The highest BCUT2D eigenvalue weighted by atomic mass is 35.5. The van der Waals surface area contributed by atoms with Gasteiger partial charge in [-0.05, 0) is 49.7 Å². The zero-order valence-corrected chi connectivity index (χ0v) is 19.3. The van der Waals surface area contributed by atoms with Gasteiger partial charge in [-0.1, -0.05) is 28.9 Å². The van der Waals surface area contributed by atoms with E-state index in [-0.39, 0.29) is 19.0 Å². The first-order valence-electron chi connectivity index (χ1n) is 10.3. The Kier molecular flexibility index (Phi) is 6.79. The second kappa shape index (κ2) is 9.92. The van der Waals surface area contributed by atoms with Crippen LogP contribution < -0.4 is 9.47 Å². The monoisotopic (exact) mass is 466 g/mol. The molecule has 0 bridgehead atoms.